The van der Waals surface area contributed by atoms with Crippen molar-refractivity contribution in [1.82, 2.24) is 5.32 Å². The van der Waals surface area contributed by atoms with Crippen LogP contribution in [0.25, 0.3) is 11.0 Å². The molecule has 0 aliphatic heterocycles. The summed E-state index contributed by atoms with van der Waals surface area (Å²) < 4.78 is 10.8. The summed E-state index contributed by atoms with van der Waals surface area (Å²) in [5, 5.41) is 13.7. The monoisotopic (exact) mass is 357 g/mol. The molecule has 3 rings (SSSR count). The number of carbonyl (C=O) groups excluding carboxylic acids is 1. The van der Waals surface area contributed by atoms with Gasteiger partial charge in [-0.15, -0.1) is 11.8 Å². The third-order valence-corrected chi connectivity index (χ3v) is 4.65. The molecule has 3 aromatic rings. The molecular weight excluding hydrogens is 338 g/mol. The topological polar surface area (TPSA) is 71.7 Å². The van der Waals surface area contributed by atoms with Crippen molar-refractivity contribution in [3.63, 3.8) is 0 Å². The molecule has 0 aliphatic carbocycles. The second-order valence-corrected chi connectivity index (χ2v) is 6.37. The minimum Gasteiger partial charge on any atom is -0.493 e. The number of thioether (sulfide) groups is 1. The Kier molecular flexibility index (Phi) is 5.31. The molecule has 6 heteroatoms. The summed E-state index contributed by atoms with van der Waals surface area (Å²) in [6.07, 6.45) is 1.22. The van der Waals surface area contributed by atoms with Crippen LogP contribution >= 0.6 is 11.8 Å². The van der Waals surface area contributed by atoms with Gasteiger partial charge in [0.15, 0.2) is 17.1 Å². The van der Waals surface area contributed by atoms with Crippen LogP contribution in [-0.4, -0.2) is 30.9 Å². The number of amides is 1. The van der Waals surface area contributed by atoms with Crippen molar-refractivity contribution in [2.45, 2.75) is 11.0 Å². The van der Waals surface area contributed by atoms with E-state index in [1.165, 1.54) is 0 Å². The molecule has 1 aromatic heterocycles. The number of hydrogen-bond acceptors (Lipinski definition) is 5. The predicted molar refractivity (Wildman–Crippen MR) is 98.3 cm³/mol. The molecule has 0 saturated heterocycles. The molecule has 1 amide bonds. The molecule has 0 unspecified atom stereocenters. The van der Waals surface area contributed by atoms with Crippen LogP contribution < -0.4 is 10.1 Å². The van der Waals surface area contributed by atoms with Gasteiger partial charge in [0.05, 0.1) is 13.2 Å². The highest BCUT2D eigenvalue weighted by Crippen LogP contribution is 2.28. The molecule has 0 radical (unpaired) electrons. The molecule has 2 aromatic carbocycles. The summed E-state index contributed by atoms with van der Waals surface area (Å²) in [5.74, 6) is 0.382. The number of ether oxygens (including phenoxy) is 1. The number of carbonyl (C=O) groups is 1. The number of methoxy groups -OCH3 is 1. The van der Waals surface area contributed by atoms with Crippen LogP contribution in [-0.2, 0) is 0 Å². The van der Waals surface area contributed by atoms with Crippen LogP contribution in [0.1, 0.15) is 22.2 Å². The first kappa shape index (κ1) is 17.4. The number of para-hydroxylation sites is 1. The first-order valence-corrected chi connectivity index (χ1v) is 9.01. The Hall–Kier alpha value is -2.44. The lowest BCUT2D eigenvalue weighted by Gasteiger charge is -2.12. The quantitative estimate of drug-likeness (QED) is 0.659. The summed E-state index contributed by atoms with van der Waals surface area (Å²) in [6.45, 7) is 0.103. The number of hydrogen-bond donors (Lipinski definition) is 2. The standard InChI is InChI=1S/C19H19NO4S/c1-23-16-5-3-4-13-10-17(24-18(13)16)19(22)20-11-15(21)12-6-8-14(25-2)9-7-12/h3-10,15,21H,11H2,1-2H3,(H,20,22)/t15-/m1/s1. The molecule has 2 N–H and O–H groups in total. The minimum absolute atomic E-state index is 0.103. The molecule has 1 heterocycles. The van der Waals surface area contributed by atoms with E-state index in [4.69, 9.17) is 9.15 Å². The highest BCUT2D eigenvalue weighted by atomic mass is 32.2. The van der Waals surface area contributed by atoms with E-state index in [1.54, 1.807) is 31.0 Å². The third kappa shape index (κ3) is 3.81. The van der Waals surface area contributed by atoms with Crippen molar-refractivity contribution in [3.05, 3.63) is 59.9 Å². The van der Waals surface area contributed by atoms with Gasteiger partial charge in [-0.25, -0.2) is 0 Å². The summed E-state index contributed by atoms with van der Waals surface area (Å²) in [6, 6.07) is 14.7. The van der Waals surface area contributed by atoms with Crippen LogP contribution in [0.3, 0.4) is 0 Å². The SMILES string of the molecule is COc1cccc2cc(C(=O)NC[C@@H](O)c3ccc(SC)cc3)oc12. The lowest BCUT2D eigenvalue weighted by Crippen LogP contribution is -2.28. The largest absolute Gasteiger partial charge is 0.493 e. The van der Waals surface area contributed by atoms with E-state index in [9.17, 15) is 9.90 Å². The molecule has 0 aliphatic rings. The zero-order chi connectivity index (χ0) is 17.8. The van der Waals surface area contributed by atoms with Gasteiger partial charge in [0.1, 0.15) is 0 Å². The van der Waals surface area contributed by atoms with Crippen molar-refractivity contribution in [2.24, 2.45) is 0 Å². The van der Waals surface area contributed by atoms with Crippen molar-refractivity contribution in [1.29, 1.82) is 0 Å². The lowest BCUT2D eigenvalue weighted by atomic mass is 10.1. The third-order valence-electron chi connectivity index (χ3n) is 3.91. The van der Waals surface area contributed by atoms with E-state index < -0.39 is 6.10 Å². The van der Waals surface area contributed by atoms with Gasteiger partial charge in [-0.3, -0.25) is 4.79 Å². The van der Waals surface area contributed by atoms with Gasteiger partial charge >= 0.3 is 0 Å². The van der Waals surface area contributed by atoms with Crippen molar-refractivity contribution < 1.29 is 19.1 Å². The fraction of sp³-hybridized carbons (Fsp3) is 0.211. The highest BCUT2D eigenvalue weighted by Gasteiger charge is 2.16. The predicted octanol–water partition coefficient (Wildman–Crippen LogP) is 3.63. The van der Waals surface area contributed by atoms with Gasteiger partial charge in [-0.05, 0) is 36.1 Å². The fourth-order valence-corrected chi connectivity index (χ4v) is 2.94. The molecule has 5 nitrogen and oxygen atoms in total. The van der Waals surface area contributed by atoms with Gasteiger partial charge in [-0.1, -0.05) is 24.3 Å². The molecule has 0 fully saturated rings. The summed E-state index contributed by atoms with van der Waals surface area (Å²) in [5.41, 5.74) is 1.28. The highest BCUT2D eigenvalue weighted by molar-refractivity contribution is 7.98. The van der Waals surface area contributed by atoms with Crippen molar-refractivity contribution in [3.8, 4) is 5.75 Å². The number of benzene rings is 2. The summed E-state index contributed by atoms with van der Waals surface area (Å²) in [4.78, 5) is 13.4. The van der Waals surface area contributed by atoms with Crippen LogP contribution in [0.4, 0.5) is 0 Å². The molecule has 25 heavy (non-hydrogen) atoms. The lowest BCUT2D eigenvalue weighted by molar-refractivity contribution is 0.0891. The van der Waals surface area contributed by atoms with Crippen LogP contribution in [0.5, 0.6) is 5.75 Å². The minimum atomic E-state index is -0.779. The van der Waals surface area contributed by atoms with Gasteiger partial charge in [0.25, 0.3) is 5.91 Å². The van der Waals surface area contributed by atoms with E-state index in [1.807, 2.05) is 42.7 Å². The Morgan fingerprint density at radius 2 is 2.04 bits per heavy atom. The number of aliphatic hydroxyl groups is 1. The van der Waals surface area contributed by atoms with Crippen LogP contribution in [0, 0.1) is 0 Å². The van der Waals surface area contributed by atoms with E-state index in [-0.39, 0.29) is 18.2 Å². The average Bonchev–Trinajstić information content (AvgIpc) is 3.10. The number of furan rings is 1. The average molecular weight is 357 g/mol. The molecule has 1 atom stereocenters. The number of nitrogens with one attached hydrogen (secondary N) is 1. The molecule has 0 bridgehead atoms. The summed E-state index contributed by atoms with van der Waals surface area (Å²) >= 11 is 1.64. The maximum absolute atomic E-state index is 12.3. The first-order valence-electron chi connectivity index (χ1n) is 7.79. The van der Waals surface area contributed by atoms with Crippen molar-refractivity contribution >= 4 is 28.6 Å². The van der Waals surface area contributed by atoms with Crippen LogP contribution in [0.15, 0.2) is 57.8 Å². The molecule has 0 spiro atoms. The Morgan fingerprint density at radius 1 is 1.28 bits per heavy atom. The Balaban J connectivity index is 1.67. The van der Waals surface area contributed by atoms with E-state index in [0.717, 1.165) is 15.8 Å². The van der Waals surface area contributed by atoms with Crippen LogP contribution in [0.2, 0.25) is 0 Å². The molecule has 0 saturated carbocycles. The number of rotatable bonds is 6. The van der Waals surface area contributed by atoms with Crippen molar-refractivity contribution in [2.75, 3.05) is 19.9 Å². The van der Waals surface area contributed by atoms with Gasteiger partial charge in [0, 0.05) is 16.8 Å². The zero-order valence-electron chi connectivity index (χ0n) is 14.0. The van der Waals surface area contributed by atoms with E-state index in [2.05, 4.69) is 5.32 Å². The molecular formula is C19H19NO4S. The normalized spacial score (nSPS) is 12.1. The Labute approximate surface area is 150 Å². The van der Waals surface area contributed by atoms with E-state index >= 15 is 0 Å². The van der Waals surface area contributed by atoms with Gasteiger partial charge < -0.3 is 19.6 Å². The summed E-state index contributed by atoms with van der Waals surface area (Å²) in [7, 11) is 1.55. The fourth-order valence-electron chi connectivity index (χ4n) is 2.53. The Morgan fingerprint density at radius 3 is 2.72 bits per heavy atom. The molecule has 130 valence electrons. The number of fused-ring (bicyclic) bond motifs is 1. The van der Waals surface area contributed by atoms with E-state index in [0.29, 0.717) is 11.3 Å². The second-order valence-electron chi connectivity index (χ2n) is 5.49. The maximum atomic E-state index is 12.3. The first-order chi connectivity index (χ1) is 12.1. The Bertz CT molecular complexity index is 873. The smallest absolute Gasteiger partial charge is 0.287 e. The zero-order valence-corrected chi connectivity index (χ0v) is 14.8. The van der Waals surface area contributed by atoms with Gasteiger partial charge in [-0.2, -0.15) is 0 Å². The van der Waals surface area contributed by atoms with Gasteiger partial charge in [0.2, 0.25) is 0 Å². The maximum Gasteiger partial charge on any atom is 0.287 e. The second kappa shape index (κ2) is 7.63. The number of aliphatic hydroxyl groups excluding tert-OH is 1.